The van der Waals surface area contributed by atoms with Gasteiger partial charge in [-0.15, -0.1) is 0 Å². The molecule has 0 unspecified atom stereocenters. The molecule has 9 nitrogen and oxygen atoms in total. The summed E-state index contributed by atoms with van der Waals surface area (Å²) in [5, 5.41) is 0. The van der Waals surface area contributed by atoms with E-state index in [1.165, 1.54) is 6.42 Å². The summed E-state index contributed by atoms with van der Waals surface area (Å²) in [7, 11) is 0. The highest BCUT2D eigenvalue weighted by molar-refractivity contribution is 4.90. The van der Waals surface area contributed by atoms with Crippen LogP contribution in [0.15, 0.2) is 49.1 Å². The van der Waals surface area contributed by atoms with Gasteiger partial charge in [-0.3, -0.25) is 0 Å². The van der Waals surface area contributed by atoms with Gasteiger partial charge in [0.05, 0.1) is 0 Å². The summed E-state index contributed by atoms with van der Waals surface area (Å²) in [5.74, 6) is 0. The van der Waals surface area contributed by atoms with Gasteiger partial charge in [0.25, 0.3) is 0 Å². The smallest absolute Gasteiger partial charge is 0.115 e. The number of hydrogen-bond acceptors (Lipinski definition) is 7. The van der Waals surface area contributed by atoms with Gasteiger partial charge < -0.3 is 37.8 Å². The Morgan fingerprint density at radius 3 is 0.889 bits per heavy atom. The lowest BCUT2D eigenvalue weighted by atomic mass is 10.3. The zero-order chi connectivity index (χ0) is 31.6. The largest absolute Gasteiger partial charge is 0.414 e. The first-order valence-electron chi connectivity index (χ1n) is 17.8. The lowest BCUT2D eigenvalue weighted by Gasteiger charge is -2.08. The van der Waals surface area contributed by atoms with Crippen LogP contribution in [0.1, 0.15) is 89.9 Å². The van der Waals surface area contributed by atoms with Crippen LogP contribution in [-0.4, -0.2) is 95.2 Å². The van der Waals surface area contributed by atoms with Crippen LogP contribution in [0.5, 0.6) is 0 Å². The van der Waals surface area contributed by atoms with Crippen LogP contribution in [0.4, 0.5) is 0 Å². The highest BCUT2D eigenvalue weighted by Crippen LogP contribution is 2.01. The molecule has 2 aromatic rings. The molecule has 0 radical (unpaired) electrons. The van der Waals surface area contributed by atoms with Gasteiger partial charge in [-0.2, -0.15) is 4.73 Å². The molecule has 260 valence electrons. The molecule has 0 spiro atoms. The quantitative estimate of drug-likeness (QED) is 0.0748. The Hall–Kier alpha value is -1.88. The third-order valence-electron chi connectivity index (χ3n) is 7.26. The molecule has 45 heavy (non-hydrogen) atoms. The maximum absolute atomic E-state index is 5.74. The van der Waals surface area contributed by atoms with Crippen LogP contribution < -0.4 is 4.84 Å². The van der Waals surface area contributed by atoms with Gasteiger partial charge in [0.2, 0.25) is 0 Å². The Labute approximate surface area is 273 Å². The third-order valence-corrected chi connectivity index (χ3v) is 7.26. The predicted octanol–water partition coefficient (Wildman–Crippen LogP) is 6.98. The Morgan fingerprint density at radius 1 is 0.289 bits per heavy atom. The summed E-state index contributed by atoms with van der Waals surface area (Å²) in [5.41, 5.74) is 0. The van der Waals surface area contributed by atoms with Gasteiger partial charge in [-0.25, -0.2) is 0 Å². The first-order valence-corrected chi connectivity index (χ1v) is 17.8. The first kappa shape index (κ1) is 39.3. The Morgan fingerprint density at radius 2 is 0.556 bits per heavy atom. The van der Waals surface area contributed by atoms with Crippen molar-refractivity contribution in [2.75, 3.05) is 85.9 Å². The summed E-state index contributed by atoms with van der Waals surface area (Å²) >= 11 is 0. The van der Waals surface area contributed by atoms with E-state index >= 15 is 0 Å². The predicted molar refractivity (Wildman–Crippen MR) is 180 cm³/mol. The van der Waals surface area contributed by atoms with Crippen molar-refractivity contribution in [2.24, 2.45) is 0 Å². The van der Waals surface area contributed by atoms with Crippen molar-refractivity contribution < 1.29 is 33.3 Å². The fraction of sp³-hybridized carbons (Fsp3) is 0.778. The van der Waals surface area contributed by atoms with Gasteiger partial charge in [-0.1, -0.05) is 0 Å². The van der Waals surface area contributed by atoms with Crippen molar-refractivity contribution in [2.45, 2.75) is 96.4 Å². The number of hydrogen-bond donors (Lipinski definition) is 0. The van der Waals surface area contributed by atoms with Crippen LogP contribution in [-0.2, 0) is 35.0 Å². The van der Waals surface area contributed by atoms with Crippen molar-refractivity contribution in [3.8, 4) is 0 Å². The van der Waals surface area contributed by atoms with Crippen molar-refractivity contribution in [3.05, 3.63) is 49.1 Å². The molecule has 2 heterocycles. The number of aryl methyl sites for hydroxylation is 1. The molecule has 0 atom stereocenters. The van der Waals surface area contributed by atoms with Crippen molar-refractivity contribution in [1.29, 1.82) is 0 Å². The lowest BCUT2D eigenvalue weighted by molar-refractivity contribution is 0.0775. The maximum atomic E-state index is 5.74. The van der Waals surface area contributed by atoms with E-state index in [0.29, 0.717) is 0 Å². The number of nitrogens with zero attached hydrogens (tertiary/aromatic N) is 2. The minimum Gasteiger partial charge on any atom is -0.414 e. The second kappa shape index (κ2) is 32.1. The fourth-order valence-electron chi connectivity index (χ4n) is 4.55. The molecule has 0 aliphatic carbocycles. The monoisotopic (exact) mass is 636 g/mol. The van der Waals surface area contributed by atoms with E-state index in [-0.39, 0.29) is 0 Å². The molecule has 0 fully saturated rings. The molecule has 0 saturated heterocycles. The van der Waals surface area contributed by atoms with Crippen LogP contribution in [0.2, 0.25) is 0 Å². The van der Waals surface area contributed by atoms with Crippen LogP contribution in [0.3, 0.4) is 0 Å². The summed E-state index contributed by atoms with van der Waals surface area (Å²) in [6.07, 6.45) is 22.9. The molecule has 0 N–H and O–H groups in total. The highest BCUT2D eigenvalue weighted by atomic mass is 16.7. The standard InChI is InChI=1S/C36H64N2O7/c1-2-20-37(19-1)21-5-6-24-39-25-7-8-26-40-27-9-10-28-41-29-11-12-30-42-31-13-14-32-43-33-15-16-34-44-35-17-18-36-45-38-22-3-4-23-38/h1-4,19-20,22-23H,5-18,21,24-36H2. The number of ether oxygens (including phenoxy) is 6. The summed E-state index contributed by atoms with van der Waals surface area (Å²) in [4.78, 5) is 5.55. The van der Waals surface area contributed by atoms with Crippen LogP contribution >= 0.6 is 0 Å². The summed E-state index contributed by atoms with van der Waals surface area (Å²) < 4.78 is 38.3. The van der Waals surface area contributed by atoms with Crippen LogP contribution in [0, 0.1) is 0 Å². The van der Waals surface area contributed by atoms with Crippen molar-refractivity contribution in [3.63, 3.8) is 0 Å². The van der Waals surface area contributed by atoms with Gasteiger partial charge in [0, 0.05) is 111 Å². The molecule has 2 aromatic heterocycles. The van der Waals surface area contributed by atoms with E-state index in [2.05, 4.69) is 29.1 Å². The topological polar surface area (TPSA) is 74.5 Å². The van der Waals surface area contributed by atoms with E-state index < -0.39 is 0 Å². The van der Waals surface area contributed by atoms with E-state index in [1.54, 1.807) is 4.73 Å². The van der Waals surface area contributed by atoms with Gasteiger partial charge in [0.1, 0.15) is 6.61 Å². The lowest BCUT2D eigenvalue weighted by Crippen LogP contribution is -2.11. The molecule has 0 saturated carbocycles. The third kappa shape index (κ3) is 27.0. The zero-order valence-electron chi connectivity index (χ0n) is 28.2. The highest BCUT2D eigenvalue weighted by Gasteiger charge is 1.97. The van der Waals surface area contributed by atoms with E-state index in [1.807, 2.05) is 24.5 Å². The van der Waals surface area contributed by atoms with Crippen molar-refractivity contribution in [1.82, 2.24) is 9.30 Å². The van der Waals surface area contributed by atoms with E-state index in [9.17, 15) is 0 Å². The molecule has 0 aliphatic heterocycles. The molecule has 0 bridgehead atoms. The van der Waals surface area contributed by atoms with E-state index in [0.717, 1.165) is 176 Å². The van der Waals surface area contributed by atoms with Crippen LogP contribution in [0.25, 0.3) is 0 Å². The normalized spacial score (nSPS) is 11.5. The number of rotatable bonds is 36. The molecule has 2 rings (SSSR count). The summed E-state index contributed by atoms with van der Waals surface area (Å²) in [6.45, 7) is 11.7. The maximum Gasteiger partial charge on any atom is 0.115 e. The zero-order valence-corrected chi connectivity index (χ0v) is 28.2. The van der Waals surface area contributed by atoms with Crippen molar-refractivity contribution >= 4 is 0 Å². The second-order valence-electron chi connectivity index (χ2n) is 11.4. The number of unbranched alkanes of at least 4 members (excludes halogenated alkanes) is 7. The average molecular weight is 637 g/mol. The Balaban J connectivity index is 1.12. The molecule has 0 aromatic carbocycles. The SMILES string of the molecule is c1ccn(CCCCOCCCCOCCCCOCCCCOCCCCOCCCCOCCCCOn2cccc2)c1. The molecule has 0 aliphatic rings. The molecular weight excluding hydrogens is 572 g/mol. The minimum absolute atomic E-state index is 0.721. The Bertz CT molecular complexity index is 738. The average Bonchev–Trinajstić information content (AvgIpc) is 3.78. The van der Waals surface area contributed by atoms with E-state index in [4.69, 9.17) is 33.3 Å². The second-order valence-corrected chi connectivity index (χ2v) is 11.4. The molecular formula is C36H64N2O7. The van der Waals surface area contributed by atoms with Gasteiger partial charge in [0.15, 0.2) is 0 Å². The molecule has 9 heteroatoms. The first-order chi connectivity index (χ1) is 22.4. The van der Waals surface area contributed by atoms with Gasteiger partial charge >= 0.3 is 0 Å². The summed E-state index contributed by atoms with van der Waals surface area (Å²) in [6, 6.07) is 8.05. The Kier molecular flexibility index (Phi) is 28.0. The molecule has 0 amide bonds. The van der Waals surface area contributed by atoms with Gasteiger partial charge in [-0.05, 0) is 114 Å². The number of aromatic nitrogens is 2. The fourth-order valence-corrected chi connectivity index (χ4v) is 4.55. The minimum atomic E-state index is 0.721.